The van der Waals surface area contributed by atoms with Gasteiger partial charge in [0.25, 0.3) is 5.91 Å². The molecule has 0 aromatic rings. The molecule has 4 atom stereocenters. The van der Waals surface area contributed by atoms with Crippen molar-refractivity contribution in [3.63, 3.8) is 0 Å². The van der Waals surface area contributed by atoms with Crippen LogP contribution in [0.25, 0.3) is 0 Å². The quantitative estimate of drug-likeness (QED) is 0.709. The molecule has 88 valence electrons. The van der Waals surface area contributed by atoms with E-state index in [4.69, 9.17) is 0 Å². The molecular weight excluding hydrogens is 193 g/mol. The molecule has 1 aliphatic rings. The maximum atomic E-state index is 13.8. The van der Waals surface area contributed by atoms with E-state index in [1.165, 1.54) is 0 Å². The van der Waals surface area contributed by atoms with Gasteiger partial charge in [0.1, 0.15) is 0 Å². The van der Waals surface area contributed by atoms with Crippen LogP contribution in [-0.2, 0) is 4.79 Å². The Morgan fingerprint density at radius 2 is 1.87 bits per heavy atom. The Hall–Kier alpha value is -0.600. The molecule has 1 rings (SSSR count). The van der Waals surface area contributed by atoms with E-state index in [1.807, 2.05) is 20.8 Å². The summed E-state index contributed by atoms with van der Waals surface area (Å²) in [7, 11) is 0. The lowest BCUT2D eigenvalue weighted by atomic mass is 10.0. The summed E-state index contributed by atoms with van der Waals surface area (Å²) in [6.45, 7) is 7.73. The normalized spacial score (nSPS) is 30.3. The van der Waals surface area contributed by atoms with Crippen molar-refractivity contribution in [1.29, 1.82) is 0 Å². The van der Waals surface area contributed by atoms with Gasteiger partial charge in [-0.15, -0.1) is 0 Å². The molecule has 1 saturated heterocycles. The van der Waals surface area contributed by atoms with Crippen molar-refractivity contribution < 1.29 is 9.18 Å². The number of rotatable bonds is 3. The molecule has 0 bridgehead atoms. The van der Waals surface area contributed by atoms with Crippen molar-refractivity contribution >= 4 is 5.91 Å². The lowest BCUT2D eigenvalue weighted by molar-refractivity contribution is -0.140. The predicted molar refractivity (Wildman–Crippen MR) is 59.4 cm³/mol. The molecule has 0 unspecified atom stereocenters. The lowest BCUT2D eigenvalue weighted by Crippen LogP contribution is -2.45. The monoisotopic (exact) mass is 215 g/mol. The van der Waals surface area contributed by atoms with Gasteiger partial charge < -0.3 is 4.90 Å². The first-order valence-electron chi connectivity index (χ1n) is 5.95. The minimum absolute atomic E-state index is 0.169. The minimum Gasteiger partial charge on any atom is -0.335 e. The van der Waals surface area contributed by atoms with E-state index >= 15 is 0 Å². The average Bonchev–Trinajstić information content (AvgIpc) is 2.55. The summed E-state index contributed by atoms with van der Waals surface area (Å²) in [5.41, 5.74) is 0. The molecule has 0 radical (unpaired) electrons. The van der Waals surface area contributed by atoms with E-state index < -0.39 is 6.17 Å². The average molecular weight is 215 g/mol. The molecule has 1 amide bonds. The van der Waals surface area contributed by atoms with E-state index in [1.54, 1.807) is 11.8 Å². The molecule has 15 heavy (non-hydrogen) atoms. The summed E-state index contributed by atoms with van der Waals surface area (Å²) in [4.78, 5) is 13.7. The van der Waals surface area contributed by atoms with Crippen LogP contribution in [0.1, 0.15) is 47.0 Å². The summed E-state index contributed by atoms with van der Waals surface area (Å²) in [5, 5.41) is 0. The molecule has 0 aliphatic carbocycles. The van der Waals surface area contributed by atoms with Gasteiger partial charge in [-0.3, -0.25) is 4.79 Å². The van der Waals surface area contributed by atoms with E-state index in [2.05, 4.69) is 0 Å². The van der Waals surface area contributed by atoms with Crippen LogP contribution in [0.2, 0.25) is 0 Å². The third-order valence-electron chi connectivity index (χ3n) is 3.59. The topological polar surface area (TPSA) is 20.3 Å². The Balaban J connectivity index is 2.66. The smallest absolute Gasteiger partial charge is 0.257 e. The number of likely N-dealkylation sites (tertiary alicyclic amines) is 1. The summed E-state index contributed by atoms with van der Waals surface area (Å²) < 4.78 is 13.8. The van der Waals surface area contributed by atoms with Crippen molar-refractivity contribution in [2.75, 3.05) is 0 Å². The third-order valence-corrected chi connectivity index (χ3v) is 3.59. The van der Waals surface area contributed by atoms with E-state index in [9.17, 15) is 9.18 Å². The third kappa shape index (κ3) is 2.50. The van der Waals surface area contributed by atoms with Crippen LogP contribution in [0.3, 0.4) is 0 Å². The Kier molecular flexibility index (Phi) is 4.12. The first kappa shape index (κ1) is 12.5. The molecule has 0 spiro atoms. The predicted octanol–water partition coefficient (Wildman–Crippen LogP) is 2.77. The second kappa shape index (κ2) is 4.95. The number of amides is 1. The minimum atomic E-state index is -1.32. The fourth-order valence-corrected chi connectivity index (χ4v) is 2.22. The van der Waals surface area contributed by atoms with Crippen molar-refractivity contribution in [1.82, 2.24) is 4.90 Å². The number of alkyl halides is 1. The number of hydrogen-bond acceptors (Lipinski definition) is 1. The maximum Gasteiger partial charge on any atom is 0.257 e. The molecule has 3 heteroatoms. The summed E-state index contributed by atoms with van der Waals surface area (Å²) in [5.74, 6) is -0.473. The zero-order valence-electron chi connectivity index (χ0n) is 10.2. The van der Waals surface area contributed by atoms with Crippen LogP contribution in [0, 0.1) is 5.92 Å². The zero-order chi connectivity index (χ0) is 11.6. The zero-order valence-corrected chi connectivity index (χ0v) is 10.2. The van der Waals surface area contributed by atoms with Gasteiger partial charge in [0.15, 0.2) is 6.17 Å². The molecule has 0 saturated carbocycles. The highest BCUT2D eigenvalue weighted by molar-refractivity contribution is 5.82. The number of nitrogens with zero attached hydrogens (tertiary/aromatic N) is 1. The second-order valence-electron chi connectivity index (χ2n) is 4.81. The fourth-order valence-electron chi connectivity index (χ4n) is 2.22. The molecule has 0 N–H and O–H groups in total. The van der Waals surface area contributed by atoms with Crippen molar-refractivity contribution in [3.8, 4) is 0 Å². The standard InChI is InChI=1S/C12H22FNO/c1-5-8(2)11(13)12(15)14-9(3)6-7-10(14)4/h8-11H,5-7H2,1-4H3/t8-,9+,10+,11-/m0/s1. The van der Waals surface area contributed by atoms with Crippen LogP contribution >= 0.6 is 0 Å². The Labute approximate surface area is 91.8 Å². The molecule has 1 fully saturated rings. The number of hydrogen-bond donors (Lipinski definition) is 0. The van der Waals surface area contributed by atoms with Gasteiger partial charge in [-0.1, -0.05) is 20.3 Å². The summed E-state index contributed by atoms with van der Waals surface area (Å²) >= 11 is 0. The van der Waals surface area contributed by atoms with Gasteiger partial charge in [0.05, 0.1) is 0 Å². The summed E-state index contributed by atoms with van der Waals surface area (Å²) in [6, 6.07) is 0.407. The molecule has 1 heterocycles. The SMILES string of the molecule is CC[C@H](C)[C@H](F)C(=O)N1[C@H](C)CC[C@H]1C. The van der Waals surface area contributed by atoms with Crippen LogP contribution < -0.4 is 0 Å². The van der Waals surface area contributed by atoms with Gasteiger partial charge in [0.2, 0.25) is 0 Å². The van der Waals surface area contributed by atoms with Crippen molar-refractivity contribution in [3.05, 3.63) is 0 Å². The molecule has 0 aromatic carbocycles. The van der Waals surface area contributed by atoms with Gasteiger partial charge >= 0.3 is 0 Å². The van der Waals surface area contributed by atoms with Crippen LogP contribution in [0.5, 0.6) is 0 Å². The van der Waals surface area contributed by atoms with Gasteiger partial charge in [-0.25, -0.2) is 4.39 Å². The van der Waals surface area contributed by atoms with E-state index in [0.717, 1.165) is 12.8 Å². The molecular formula is C12H22FNO. The number of carbonyl (C=O) groups excluding carboxylic acids is 1. The highest BCUT2D eigenvalue weighted by Gasteiger charge is 2.36. The van der Waals surface area contributed by atoms with Crippen molar-refractivity contribution in [2.24, 2.45) is 5.92 Å². The van der Waals surface area contributed by atoms with Gasteiger partial charge in [-0.2, -0.15) is 0 Å². The first-order chi connectivity index (χ1) is 6.99. The Morgan fingerprint density at radius 3 is 2.27 bits per heavy atom. The first-order valence-corrected chi connectivity index (χ1v) is 5.95. The lowest BCUT2D eigenvalue weighted by Gasteiger charge is -2.29. The maximum absolute atomic E-state index is 13.8. The van der Waals surface area contributed by atoms with Gasteiger partial charge in [-0.05, 0) is 32.6 Å². The summed E-state index contributed by atoms with van der Waals surface area (Å²) in [6.07, 6.45) is 1.39. The fraction of sp³-hybridized carbons (Fsp3) is 0.917. The number of halogens is 1. The van der Waals surface area contributed by atoms with Gasteiger partial charge in [0, 0.05) is 12.1 Å². The van der Waals surface area contributed by atoms with Crippen molar-refractivity contribution in [2.45, 2.75) is 65.2 Å². The highest BCUT2D eigenvalue weighted by Crippen LogP contribution is 2.26. The molecule has 0 aromatic heterocycles. The Morgan fingerprint density at radius 1 is 1.40 bits per heavy atom. The van der Waals surface area contributed by atoms with Crippen LogP contribution in [0.4, 0.5) is 4.39 Å². The van der Waals surface area contributed by atoms with E-state index in [0.29, 0.717) is 6.42 Å². The highest BCUT2D eigenvalue weighted by atomic mass is 19.1. The van der Waals surface area contributed by atoms with Crippen LogP contribution in [-0.4, -0.2) is 29.1 Å². The Bertz CT molecular complexity index is 222. The van der Waals surface area contributed by atoms with E-state index in [-0.39, 0.29) is 23.9 Å². The number of carbonyl (C=O) groups is 1. The molecule has 2 nitrogen and oxygen atoms in total. The van der Waals surface area contributed by atoms with Crippen LogP contribution in [0.15, 0.2) is 0 Å². The second-order valence-corrected chi connectivity index (χ2v) is 4.81. The molecule has 1 aliphatic heterocycles. The largest absolute Gasteiger partial charge is 0.335 e.